The molecule has 1 heteroatoms. The van der Waals surface area contributed by atoms with Gasteiger partial charge < -0.3 is 0 Å². The van der Waals surface area contributed by atoms with E-state index in [-0.39, 0.29) is 0 Å². The van der Waals surface area contributed by atoms with Crippen molar-refractivity contribution in [3.63, 3.8) is 0 Å². The Morgan fingerprint density at radius 3 is 2.46 bits per heavy atom. The molecule has 1 aliphatic carbocycles. The third-order valence-electron chi connectivity index (χ3n) is 3.45. The van der Waals surface area contributed by atoms with Crippen molar-refractivity contribution in [1.29, 1.82) is 0 Å². The van der Waals surface area contributed by atoms with Crippen LogP contribution in [-0.4, -0.2) is 5.78 Å². The zero-order chi connectivity index (χ0) is 9.68. The number of ketones is 1. The minimum absolute atomic E-state index is 0.444. The van der Waals surface area contributed by atoms with Gasteiger partial charge in [0, 0.05) is 12.8 Å². The van der Waals surface area contributed by atoms with Crippen molar-refractivity contribution in [3.8, 4) is 0 Å². The van der Waals surface area contributed by atoms with Crippen LogP contribution in [0.4, 0.5) is 0 Å². The summed E-state index contributed by atoms with van der Waals surface area (Å²) in [7, 11) is 0. The summed E-state index contributed by atoms with van der Waals surface area (Å²) in [4.78, 5) is 11.1. The van der Waals surface area contributed by atoms with Crippen LogP contribution in [0.1, 0.15) is 58.8 Å². The van der Waals surface area contributed by atoms with Crippen LogP contribution in [0.2, 0.25) is 0 Å². The molecule has 0 aromatic rings. The third kappa shape index (κ3) is 3.50. The van der Waals surface area contributed by atoms with Gasteiger partial charge in [-0.25, -0.2) is 0 Å². The molecule has 0 radical (unpaired) electrons. The van der Waals surface area contributed by atoms with Crippen molar-refractivity contribution in [3.05, 3.63) is 0 Å². The monoisotopic (exact) mass is 182 g/mol. The van der Waals surface area contributed by atoms with Gasteiger partial charge in [0.2, 0.25) is 0 Å². The Balaban J connectivity index is 2.13. The molecular formula is C12H22O. The van der Waals surface area contributed by atoms with Crippen molar-refractivity contribution in [2.24, 2.45) is 11.8 Å². The van der Waals surface area contributed by atoms with E-state index in [0.29, 0.717) is 5.78 Å². The fourth-order valence-corrected chi connectivity index (χ4v) is 2.35. The second kappa shape index (κ2) is 5.41. The molecule has 0 aliphatic heterocycles. The summed E-state index contributed by atoms with van der Waals surface area (Å²) in [6.07, 6.45) is 8.20. The lowest BCUT2D eigenvalue weighted by atomic mass is 9.97. The van der Waals surface area contributed by atoms with Gasteiger partial charge in [0.1, 0.15) is 5.78 Å². The molecule has 2 unspecified atom stereocenters. The van der Waals surface area contributed by atoms with E-state index in [1.807, 2.05) is 6.92 Å². The molecule has 0 aromatic heterocycles. The minimum Gasteiger partial charge on any atom is -0.300 e. The lowest BCUT2D eigenvalue weighted by molar-refractivity contribution is -0.119. The molecule has 0 saturated heterocycles. The molecule has 0 amide bonds. The average Bonchev–Trinajstić information content (AvgIpc) is 2.61. The van der Waals surface area contributed by atoms with E-state index in [2.05, 4.69) is 6.92 Å². The van der Waals surface area contributed by atoms with E-state index in [1.54, 1.807) is 0 Å². The normalized spacial score (nSPS) is 27.8. The van der Waals surface area contributed by atoms with Crippen LogP contribution in [0.25, 0.3) is 0 Å². The van der Waals surface area contributed by atoms with Crippen LogP contribution in [-0.2, 0) is 4.79 Å². The SMILES string of the molecule is CCC(=O)CCC1CCC(CC)C1. The molecule has 1 rings (SSSR count). The number of rotatable bonds is 5. The second-order valence-electron chi connectivity index (χ2n) is 4.38. The van der Waals surface area contributed by atoms with Gasteiger partial charge in [-0.15, -0.1) is 0 Å². The highest BCUT2D eigenvalue weighted by Gasteiger charge is 2.23. The van der Waals surface area contributed by atoms with E-state index in [1.165, 1.54) is 25.7 Å². The zero-order valence-electron chi connectivity index (χ0n) is 9.01. The molecule has 0 heterocycles. The smallest absolute Gasteiger partial charge is 0.132 e. The molecule has 0 aromatic carbocycles. The molecule has 13 heavy (non-hydrogen) atoms. The van der Waals surface area contributed by atoms with Gasteiger partial charge in [0.05, 0.1) is 0 Å². The summed E-state index contributed by atoms with van der Waals surface area (Å²) in [5, 5.41) is 0. The Labute approximate surface area is 81.9 Å². The van der Waals surface area contributed by atoms with Gasteiger partial charge in [-0.3, -0.25) is 4.79 Å². The number of carbonyl (C=O) groups is 1. The Morgan fingerprint density at radius 1 is 1.23 bits per heavy atom. The second-order valence-corrected chi connectivity index (χ2v) is 4.38. The van der Waals surface area contributed by atoms with Crippen molar-refractivity contribution in [2.45, 2.75) is 58.8 Å². The number of hydrogen-bond donors (Lipinski definition) is 0. The van der Waals surface area contributed by atoms with Gasteiger partial charge in [-0.1, -0.05) is 33.1 Å². The van der Waals surface area contributed by atoms with E-state index in [9.17, 15) is 4.79 Å². The molecule has 1 fully saturated rings. The highest BCUT2D eigenvalue weighted by atomic mass is 16.1. The molecule has 1 nitrogen and oxygen atoms in total. The van der Waals surface area contributed by atoms with Crippen LogP contribution in [0.5, 0.6) is 0 Å². The Morgan fingerprint density at radius 2 is 1.92 bits per heavy atom. The molecule has 0 spiro atoms. The predicted octanol–water partition coefficient (Wildman–Crippen LogP) is 3.57. The van der Waals surface area contributed by atoms with Crippen molar-refractivity contribution < 1.29 is 4.79 Å². The summed E-state index contributed by atoms with van der Waals surface area (Å²) < 4.78 is 0. The Hall–Kier alpha value is -0.330. The highest BCUT2D eigenvalue weighted by molar-refractivity contribution is 5.77. The van der Waals surface area contributed by atoms with E-state index >= 15 is 0 Å². The minimum atomic E-state index is 0.444. The Bertz CT molecular complexity index is 163. The molecule has 0 N–H and O–H groups in total. The number of hydrogen-bond acceptors (Lipinski definition) is 1. The maximum absolute atomic E-state index is 11.1. The van der Waals surface area contributed by atoms with Crippen molar-refractivity contribution in [1.82, 2.24) is 0 Å². The molecule has 2 atom stereocenters. The zero-order valence-corrected chi connectivity index (χ0v) is 9.01. The summed E-state index contributed by atoms with van der Waals surface area (Å²) in [5.74, 6) is 2.27. The third-order valence-corrected chi connectivity index (χ3v) is 3.45. The van der Waals surface area contributed by atoms with Crippen LogP contribution in [0, 0.1) is 11.8 Å². The molecule has 1 aliphatic rings. The average molecular weight is 182 g/mol. The first-order valence-corrected chi connectivity index (χ1v) is 5.77. The van der Waals surface area contributed by atoms with Crippen LogP contribution >= 0.6 is 0 Å². The van der Waals surface area contributed by atoms with E-state index < -0.39 is 0 Å². The fourth-order valence-electron chi connectivity index (χ4n) is 2.35. The highest BCUT2D eigenvalue weighted by Crippen LogP contribution is 2.35. The summed E-state index contributed by atoms with van der Waals surface area (Å²) in [6, 6.07) is 0. The summed E-state index contributed by atoms with van der Waals surface area (Å²) in [6.45, 7) is 4.25. The van der Waals surface area contributed by atoms with Crippen LogP contribution < -0.4 is 0 Å². The van der Waals surface area contributed by atoms with Crippen LogP contribution in [0.15, 0.2) is 0 Å². The first kappa shape index (κ1) is 10.7. The quantitative estimate of drug-likeness (QED) is 0.635. The van der Waals surface area contributed by atoms with Gasteiger partial charge in [-0.2, -0.15) is 0 Å². The first-order valence-electron chi connectivity index (χ1n) is 5.77. The molecule has 0 bridgehead atoms. The van der Waals surface area contributed by atoms with Gasteiger partial charge in [0.15, 0.2) is 0 Å². The maximum atomic E-state index is 11.1. The summed E-state index contributed by atoms with van der Waals surface area (Å²) in [5.41, 5.74) is 0. The Kier molecular flexibility index (Phi) is 4.47. The lowest BCUT2D eigenvalue weighted by Gasteiger charge is -2.08. The number of Topliss-reactive ketones (excluding diaryl/α,β-unsaturated/α-hetero) is 1. The predicted molar refractivity (Wildman–Crippen MR) is 55.7 cm³/mol. The maximum Gasteiger partial charge on any atom is 0.132 e. The van der Waals surface area contributed by atoms with Crippen molar-refractivity contribution in [2.75, 3.05) is 0 Å². The number of carbonyl (C=O) groups excluding carboxylic acids is 1. The first-order chi connectivity index (χ1) is 6.26. The fraction of sp³-hybridized carbons (Fsp3) is 0.917. The molecule has 76 valence electrons. The van der Waals surface area contributed by atoms with Crippen molar-refractivity contribution >= 4 is 5.78 Å². The standard InChI is InChI=1S/C12H22O/c1-3-10-5-6-11(9-10)7-8-12(13)4-2/h10-11H,3-9H2,1-2H3. The molecule has 1 saturated carbocycles. The van der Waals surface area contributed by atoms with Gasteiger partial charge >= 0.3 is 0 Å². The van der Waals surface area contributed by atoms with E-state index in [4.69, 9.17) is 0 Å². The van der Waals surface area contributed by atoms with Gasteiger partial charge in [0.25, 0.3) is 0 Å². The van der Waals surface area contributed by atoms with E-state index in [0.717, 1.165) is 31.1 Å². The molecular weight excluding hydrogens is 160 g/mol. The van der Waals surface area contributed by atoms with Crippen LogP contribution in [0.3, 0.4) is 0 Å². The lowest BCUT2D eigenvalue weighted by Crippen LogP contribution is -2.01. The topological polar surface area (TPSA) is 17.1 Å². The summed E-state index contributed by atoms with van der Waals surface area (Å²) >= 11 is 0. The van der Waals surface area contributed by atoms with Gasteiger partial charge in [-0.05, 0) is 24.7 Å². The largest absolute Gasteiger partial charge is 0.300 e.